The molecule has 7 nitrogen and oxygen atoms in total. The van der Waals surface area contributed by atoms with Gasteiger partial charge in [0.25, 0.3) is 0 Å². The molecule has 0 radical (unpaired) electrons. The third-order valence-electron chi connectivity index (χ3n) is 4.66. The third kappa shape index (κ3) is 5.72. The molecule has 0 spiro atoms. The fourth-order valence-corrected chi connectivity index (χ4v) is 3.09. The molecule has 0 amide bonds. The zero-order valence-corrected chi connectivity index (χ0v) is 18.0. The quantitative estimate of drug-likeness (QED) is 0.239. The van der Waals surface area contributed by atoms with Gasteiger partial charge in [-0.2, -0.15) is 0 Å². The molecule has 7 heteroatoms. The van der Waals surface area contributed by atoms with Crippen LogP contribution in [0.25, 0.3) is 17.0 Å². The molecule has 0 saturated heterocycles. The average Bonchev–Trinajstić information content (AvgIpc) is 2.77. The second-order valence-electron chi connectivity index (χ2n) is 6.99. The van der Waals surface area contributed by atoms with Crippen LogP contribution in [0.15, 0.2) is 76.2 Å². The molecule has 3 aromatic rings. The van der Waals surface area contributed by atoms with Gasteiger partial charge >= 0.3 is 17.6 Å². The molecule has 0 unspecified atom stereocenters. The smallest absolute Gasteiger partial charge is 0.339 e. The van der Waals surface area contributed by atoms with Crippen molar-refractivity contribution in [3.05, 3.63) is 94.1 Å². The number of hydrogen-bond donors (Lipinski definition) is 0. The highest BCUT2D eigenvalue weighted by Crippen LogP contribution is 2.26. The zero-order valence-electron chi connectivity index (χ0n) is 18.0. The number of nitrogens with zero attached hydrogens (tertiary/aromatic N) is 1. The first-order valence-corrected chi connectivity index (χ1v) is 9.87. The van der Waals surface area contributed by atoms with Crippen LogP contribution in [0.1, 0.15) is 23.6 Å². The number of benzene rings is 2. The van der Waals surface area contributed by atoms with E-state index in [0.29, 0.717) is 34.4 Å². The summed E-state index contributed by atoms with van der Waals surface area (Å²) in [6.45, 7) is 3.48. The monoisotopic (exact) mass is 433 g/mol. The first-order valence-electron chi connectivity index (χ1n) is 9.87. The summed E-state index contributed by atoms with van der Waals surface area (Å²) in [4.78, 5) is 37.0. The van der Waals surface area contributed by atoms with Gasteiger partial charge in [-0.05, 0) is 36.3 Å². The van der Waals surface area contributed by atoms with Gasteiger partial charge in [0, 0.05) is 49.0 Å². The molecule has 0 saturated carbocycles. The second kappa shape index (κ2) is 10.3. The molecule has 2 aromatic carbocycles. The summed E-state index contributed by atoms with van der Waals surface area (Å²) in [5.74, 6) is -0.650. The summed E-state index contributed by atoms with van der Waals surface area (Å²) in [7, 11) is 1.31. The number of methoxy groups -OCH3 is 1. The van der Waals surface area contributed by atoms with Crippen LogP contribution >= 0.6 is 0 Å². The van der Waals surface area contributed by atoms with E-state index in [1.165, 1.54) is 26.2 Å². The van der Waals surface area contributed by atoms with Crippen LogP contribution in [0.4, 0.5) is 0 Å². The van der Waals surface area contributed by atoms with Crippen molar-refractivity contribution in [2.24, 2.45) is 0 Å². The van der Waals surface area contributed by atoms with Gasteiger partial charge in [0.2, 0.25) is 0 Å². The molecule has 0 fully saturated rings. The van der Waals surface area contributed by atoms with Gasteiger partial charge < -0.3 is 18.8 Å². The third-order valence-corrected chi connectivity index (χ3v) is 4.66. The summed E-state index contributed by atoms with van der Waals surface area (Å²) in [6.07, 6.45) is 6.48. The molecular weight excluding hydrogens is 410 g/mol. The predicted molar refractivity (Wildman–Crippen MR) is 121 cm³/mol. The Morgan fingerprint density at radius 1 is 1.09 bits per heavy atom. The van der Waals surface area contributed by atoms with Crippen molar-refractivity contribution in [3.63, 3.8) is 0 Å². The summed E-state index contributed by atoms with van der Waals surface area (Å²) in [6, 6.07) is 14.6. The topological polar surface area (TPSA) is 86.1 Å². The maximum absolute atomic E-state index is 12.4. The van der Waals surface area contributed by atoms with Crippen LogP contribution in [0, 0.1) is 6.92 Å². The largest absolute Gasteiger partial charge is 0.466 e. The van der Waals surface area contributed by atoms with E-state index < -0.39 is 17.6 Å². The maximum Gasteiger partial charge on any atom is 0.339 e. The Labute approximate surface area is 185 Å². The molecule has 32 heavy (non-hydrogen) atoms. The van der Waals surface area contributed by atoms with Crippen molar-refractivity contribution < 1.29 is 23.5 Å². The zero-order chi connectivity index (χ0) is 23.1. The number of carbonyl (C=O) groups is 2. The number of fused-ring (bicyclic) bond motifs is 1. The van der Waals surface area contributed by atoms with E-state index in [0.717, 1.165) is 5.56 Å². The van der Waals surface area contributed by atoms with E-state index >= 15 is 0 Å². The average molecular weight is 433 g/mol. The van der Waals surface area contributed by atoms with Crippen LogP contribution in [0.3, 0.4) is 0 Å². The Morgan fingerprint density at radius 3 is 2.53 bits per heavy atom. The fourth-order valence-electron chi connectivity index (χ4n) is 3.09. The maximum atomic E-state index is 12.4. The highest BCUT2D eigenvalue weighted by atomic mass is 16.5. The van der Waals surface area contributed by atoms with Gasteiger partial charge in [-0.15, -0.1) is 0 Å². The predicted octanol–water partition coefficient (Wildman–Crippen LogP) is 4.19. The normalized spacial score (nSPS) is 11.2. The van der Waals surface area contributed by atoms with Crippen LogP contribution < -0.4 is 10.4 Å². The van der Waals surface area contributed by atoms with Crippen molar-refractivity contribution >= 4 is 29.0 Å². The van der Waals surface area contributed by atoms with Crippen LogP contribution in [0.5, 0.6) is 5.75 Å². The standard InChI is InChI=1S/C25H23NO6/c1-17-21(22-10-9-20(31-18(2)27)15-23(22)32-25(17)29)11-13-26(14-12-24(28)30-3)16-19-7-5-4-6-8-19/h4-15H,16H2,1-3H3/b13-11+,14-12+. The molecule has 0 aliphatic heterocycles. The molecule has 164 valence electrons. The molecule has 1 aromatic heterocycles. The molecule has 0 atom stereocenters. The number of esters is 2. The minimum Gasteiger partial charge on any atom is -0.466 e. The van der Waals surface area contributed by atoms with Gasteiger partial charge in [0.15, 0.2) is 0 Å². The van der Waals surface area contributed by atoms with Gasteiger partial charge in [-0.3, -0.25) is 4.79 Å². The van der Waals surface area contributed by atoms with E-state index in [1.807, 2.05) is 30.3 Å². The number of carbonyl (C=O) groups excluding carboxylic acids is 2. The number of rotatable bonds is 7. The van der Waals surface area contributed by atoms with Crippen LogP contribution in [-0.4, -0.2) is 23.9 Å². The summed E-state index contributed by atoms with van der Waals surface area (Å²) in [5.41, 5.74) is 1.95. The Bertz CT molecular complexity index is 1240. The van der Waals surface area contributed by atoms with Gasteiger partial charge in [-0.25, -0.2) is 9.59 Å². The molecule has 1 heterocycles. The first-order chi connectivity index (χ1) is 15.4. The summed E-state index contributed by atoms with van der Waals surface area (Å²) < 4.78 is 15.1. The van der Waals surface area contributed by atoms with Gasteiger partial charge in [-0.1, -0.05) is 30.3 Å². The SMILES string of the molecule is COC(=O)/C=C/N(/C=C/c1c(C)c(=O)oc2cc(OC(C)=O)ccc12)Cc1ccccc1. The van der Waals surface area contributed by atoms with E-state index in [1.54, 1.807) is 42.4 Å². The minimum atomic E-state index is -0.489. The summed E-state index contributed by atoms with van der Waals surface area (Å²) in [5, 5.41) is 0.686. The van der Waals surface area contributed by atoms with Crippen molar-refractivity contribution in [2.45, 2.75) is 20.4 Å². The highest BCUT2D eigenvalue weighted by molar-refractivity contribution is 5.89. The van der Waals surface area contributed by atoms with Crippen LogP contribution in [-0.2, 0) is 20.9 Å². The van der Waals surface area contributed by atoms with Crippen LogP contribution in [0.2, 0.25) is 0 Å². The molecular formula is C25H23NO6. The Morgan fingerprint density at radius 2 is 1.84 bits per heavy atom. The Balaban J connectivity index is 2.00. The molecule has 0 bridgehead atoms. The minimum absolute atomic E-state index is 0.290. The van der Waals surface area contributed by atoms with E-state index in [4.69, 9.17) is 9.15 Å². The number of ether oxygens (including phenoxy) is 2. The van der Waals surface area contributed by atoms with E-state index in [2.05, 4.69) is 4.74 Å². The molecule has 0 N–H and O–H groups in total. The van der Waals surface area contributed by atoms with Gasteiger partial charge in [0.05, 0.1) is 7.11 Å². The number of hydrogen-bond acceptors (Lipinski definition) is 7. The Hall–Kier alpha value is -4.13. The lowest BCUT2D eigenvalue weighted by Gasteiger charge is -2.16. The Kier molecular flexibility index (Phi) is 7.23. The lowest BCUT2D eigenvalue weighted by Crippen LogP contribution is -2.11. The second-order valence-corrected chi connectivity index (χ2v) is 6.99. The lowest BCUT2D eigenvalue weighted by atomic mass is 10.1. The molecule has 0 aliphatic rings. The summed E-state index contributed by atoms with van der Waals surface area (Å²) >= 11 is 0. The van der Waals surface area contributed by atoms with Crippen molar-refractivity contribution in [3.8, 4) is 5.75 Å². The highest BCUT2D eigenvalue weighted by Gasteiger charge is 2.11. The molecule has 3 rings (SSSR count). The van der Waals surface area contributed by atoms with Crippen molar-refractivity contribution in [1.29, 1.82) is 0 Å². The van der Waals surface area contributed by atoms with Gasteiger partial charge in [0.1, 0.15) is 11.3 Å². The van der Waals surface area contributed by atoms with Crippen molar-refractivity contribution in [1.82, 2.24) is 4.90 Å². The van der Waals surface area contributed by atoms with E-state index in [9.17, 15) is 14.4 Å². The fraction of sp³-hybridized carbons (Fsp3) is 0.160. The lowest BCUT2D eigenvalue weighted by molar-refractivity contribution is -0.135. The molecule has 0 aliphatic carbocycles. The first kappa shape index (κ1) is 22.6. The van der Waals surface area contributed by atoms with Crippen molar-refractivity contribution in [2.75, 3.05) is 7.11 Å². The van der Waals surface area contributed by atoms with E-state index in [-0.39, 0.29) is 0 Å².